The monoisotopic (exact) mass is 553 g/mol. The summed E-state index contributed by atoms with van der Waals surface area (Å²) in [6.07, 6.45) is -8.69. The van der Waals surface area contributed by atoms with Gasteiger partial charge in [0.2, 0.25) is 0 Å². The maximum absolute atomic E-state index is 14.0. The van der Waals surface area contributed by atoms with Gasteiger partial charge in [-0.15, -0.1) is 0 Å². The van der Waals surface area contributed by atoms with E-state index in [0.717, 1.165) is 12.1 Å². The van der Waals surface area contributed by atoms with Crippen LogP contribution in [0.3, 0.4) is 0 Å². The molecule has 16 heteroatoms. The van der Waals surface area contributed by atoms with E-state index < -0.39 is 58.8 Å². The molecular weight excluding hydrogens is 539 g/mol. The molecule has 0 radical (unpaired) electrons. The van der Waals surface area contributed by atoms with Crippen molar-refractivity contribution >= 4 is 17.5 Å². The standard InChI is InChI=1S/C20H14F15N/c1-9-13(2,3)11-8-10(4-5-12(11)36-9)6-7-14(21,22)15(23,24)16(25,26)17(27,28)18(29,30)19(31,32)20(33,34)35/h4-8H,1-3H3/b7-6+. The van der Waals surface area contributed by atoms with Gasteiger partial charge in [0.05, 0.1) is 5.69 Å². The average molecular weight is 553 g/mol. The van der Waals surface area contributed by atoms with Crippen molar-refractivity contribution in [2.75, 3.05) is 0 Å². The van der Waals surface area contributed by atoms with E-state index in [2.05, 4.69) is 4.99 Å². The molecule has 1 aromatic carbocycles. The van der Waals surface area contributed by atoms with Crippen LogP contribution in [0.4, 0.5) is 71.5 Å². The highest BCUT2D eigenvalue weighted by molar-refractivity contribution is 5.99. The summed E-state index contributed by atoms with van der Waals surface area (Å²) in [5, 5.41) is 0. The van der Waals surface area contributed by atoms with Crippen molar-refractivity contribution in [1.82, 2.24) is 0 Å². The molecule has 0 atom stereocenters. The summed E-state index contributed by atoms with van der Waals surface area (Å²) in [5.74, 6) is -46.7. The van der Waals surface area contributed by atoms with Gasteiger partial charge in [0.1, 0.15) is 0 Å². The highest BCUT2D eigenvalue weighted by atomic mass is 19.4. The summed E-state index contributed by atoms with van der Waals surface area (Å²) in [4.78, 5) is 4.14. The van der Waals surface area contributed by atoms with Crippen LogP contribution in [0.5, 0.6) is 0 Å². The number of alkyl halides is 15. The van der Waals surface area contributed by atoms with Crippen molar-refractivity contribution in [3.05, 3.63) is 35.4 Å². The normalized spacial score (nSPS) is 18.0. The highest BCUT2D eigenvalue weighted by Gasteiger charge is 2.93. The van der Waals surface area contributed by atoms with E-state index in [1.54, 1.807) is 20.8 Å². The van der Waals surface area contributed by atoms with E-state index in [1.165, 1.54) is 6.07 Å². The van der Waals surface area contributed by atoms with Crippen LogP contribution in [0.15, 0.2) is 29.3 Å². The van der Waals surface area contributed by atoms with Crippen LogP contribution >= 0.6 is 0 Å². The zero-order valence-electron chi connectivity index (χ0n) is 18.0. The summed E-state index contributed by atoms with van der Waals surface area (Å²) >= 11 is 0. The number of allylic oxidation sites excluding steroid dienone is 1. The van der Waals surface area contributed by atoms with Crippen LogP contribution < -0.4 is 0 Å². The summed E-state index contributed by atoms with van der Waals surface area (Å²) in [7, 11) is 0. The second-order valence-electron chi connectivity index (χ2n) is 8.42. The number of rotatable bonds is 7. The highest BCUT2D eigenvalue weighted by Crippen LogP contribution is 2.62. The molecule has 0 spiro atoms. The van der Waals surface area contributed by atoms with Crippen LogP contribution in [0.1, 0.15) is 31.9 Å². The third kappa shape index (κ3) is 3.94. The number of hydrogen-bond donors (Lipinski definition) is 0. The summed E-state index contributed by atoms with van der Waals surface area (Å²) < 4.78 is 199. The molecule has 0 fully saturated rings. The van der Waals surface area contributed by atoms with E-state index in [1.807, 2.05) is 0 Å². The van der Waals surface area contributed by atoms with Crippen molar-refractivity contribution in [2.24, 2.45) is 4.99 Å². The Morgan fingerprint density at radius 3 is 1.58 bits per heavy atom. The molecule has 1 aliphatic rings. The van der Waals surface area contributed by atoms with E-state index in [0.29, 0.717) is 17.0 Å². The first-order valence-corrected chi connectivity index (χ1v) is 9.43. The van der Waals surface area contributed by atoms with E-state index in [9.17, 15) is 65.9 Å². The largest absolute Gasteiger partial charge is 0.460 e. The molecule has 2 rings (SSSR count). The van der Waals surface area contributed by atoms with Gasteiger partial charge in [0, 0.05) is 11.1 Å². The van der Waals surface area contributed by atoms with E-state index in [-0.39, 0.29) is 6.08 Å². The molecule has 0 unspecified atom stereocenters. The Bertz CT molecular complexity index is 1080. The Morgan fingerprint density at radius 1 is 0.667 bits per heavy atom. The predicted octanol–water partition coefficient (Wildman–Crippen LogP) is 8.46. The molecule has 0 amide bonds. The molecule has 0 N–H and O–H groups in total. The van der Waals surface area contributed by atoms with Crippen molar-refractivity contribution in [3.8, 4) is 0 Å². The Morgan fingerprint density at radius 2 is 1.11 bits per heavy atom. The Hall–Kier alpha value is -2.42. The summed E-state index contributed by atoms with van der Waals surface area (Å²) in [6, 6.07) is 3.25. The Labute approximate surface area is 192 Å². The average Bonchev–Trinajstić information content (AvgIpc) is 2.93. The Kier molecular flexibility index (Phi) is 6.66. The van der Waals surface area contributed by atoms with Gasteiger partial charge in [-0.25, -0.2) is 0 Å². The van der Waals surface area contributed by atoms with Gasteiger partial charge in [-0.05, 0) is 36.3 Å². The number of halogens is 15. The molecule has 0 saturated heterocycles. The third-order valence-electron chi connectivity index (χ3n) is 5.72. The first kappa shape index (κ1) is 29.8. The topological polar surface area (TPSA) is 12.4 Å². The van der Waals surface area contributed by atoms with Gasteiger partial charge < -0.3 is 0 Å². The first-order chi connectivity index (χ1) is 15.7. The SMILES string of the molecule is CC1=Nc2ccc(/C=C/C(F)(F)C(F)(F)C(F)(F)C(F)(F)C(F)(F)C(F)(F)C(F)(F)F)cc2C1(C)C. The zero-order valence-corrected chi connectivity index (χ0v) is 18.0. The minimum absolute atomic E-state index is 0.0224. The minimum Gasteiger partial charge on any atom is -0.257 e. The maximum Gasteiger partial charge on any atom is 0.460 e. The number of fused-ring (bicyclic) bond motifs is 1. The molecule has 1 heterocycles. The van der Waals surface area contributed by atoms with Crippen molar-refractivity contribution in [3.63, 3.8) is 0 Å². The van der Waals surface area contributed by atoms with Crippen LogP contribution in [-0.4, -0.2) is 47.4 Å². The van der Waals surface area contributed by atoms with Crippen molar-refractivity contribution < 1.29 is 65.9 Å². The van der Waals surface area contributed by atoms with Gasteiger partial charge in [0.25, 0.3) is 0 Å². The predicted molar refractivity (Wildman–Crippen MR) is 97.0 cm³/mol. The van der Waals surface area contributed by atoms with E-state index >= 15 is 0 Å². The fourth-order valence-electron chi connectivity index (χ4n) is 3.06. The van der Waals surface area contributed by atoms with Gasteiger partial charge >= 0.3 is 41.7 Å². The van der Waals surface area contributed by atoms with Crippen LogP contribution in [0.2, 0.25) is 0 Å². The lowest BCUT2D eigenvalue weighted by Gasteiger charge is -2.41. The Balaban J connectivity index is 2.50. The van der Waals surface area contributed by atoms with E-state index in [4.69, 9.17) is 0 Å². The van der Waals surface area contributed by atoms with Crippen molar-refractivity contribution in [1.29, 1.82) is 0 Å². The number of hydrogen-bond acceptors (Lipinski definition) is 1. The molecule has 36 heavy (non-hydrogen) atoms. The molecular formula is C20H14F15N. The lowest BCUT2D eigenvalue weighted by Crippen LogP contribution is -2.72. The van der Waals surface area contributed by atoms with Gasteiger partial charge in [0.15, 0.2) is 0 Å². The molecule has 1 nitrogen and oxygen atoms in total. The van der Waals surface area contributed by atoms with Gasteiger partial charge in [-0.2, -0.15) is 65.9 Å². The van der Waals surface area contributed by atoms with Gasteiger partial charge in [-0.3, -0.25) is 4.99 Å². The van der Waals surface area contributed by atoms with Gasteiger partial charge in [-0.1, -0.05) is 26.0 Å². The van der Waals surface area contributed by atoms with Crippen LogP contribution in [0, 0.1) is 0 Å². The van der Waals surface area contributed by atoms with Crippen LogP contribution in [0.25, 0.3) is 6.08 Å². The third-order valence-corrected chi connectivity index (χ3v) is 5.72. The lowest BCUT2D eigenvalue weighted by molar-refractivity contribution is -0.449. The molecule has 0 saturated carbocycles. The number of benzene rings is 1. The second-order valence-corrected chi connectivity index (χ2v) is 8.42. The maximum atomic E-state index is 14.0. The molecule has 0 aromatic heterocycles. The molecule has 1 aliphatic heterocycles. The fraction of sp³-hybridized carbons (Fsp3) is 0.550. The molecule has 1 aromatic rings. The summed E-state index contributed by atoms with van der Waals surface area (Å²) in [5.41, 5.74) is 0.0183. The van der Waals surface area contributed by atoms with Crippen molar-refractivity contribution in [2.45, 2.75) is 67.9 Å². The van der Waals surface area contributed by atoms with Crippen LogP contribution in [-0.2, 0) is 5.41 Å². The minimum atomic E-state index is -8.30. The quantitative estimate of drug-likeness (QED) is 0.301. The fourth-order valence-corrected chi connectivity index (χ4v) is 3.06. The lowest BCUT2D eigenvalue weighted by atomic mass is 9.81. The second kappa shape index (κ2) is 8.04. The summed E-state index contributed by atoms with van der Waals surface area (Å²) in [6.45, 7) is 4.82. The zero-order chi connectivity index (χ0) is 28.6. The molecule has 0 aliphatic carbocycles. The molecule has 204 valence electrons. The number of nitrogens with zero attached hydrogens (tertiary/aromatic N) is 1. The molecule has 0 bridgehead atoms. The smallest absolute Gasteiger partial charge is 0.257 e. The number of aliphatic imine (C=N–C) groups is 1. The first-order valence-electron chi connectivity index (χ1n) is 9.43.